The number of benzene rings is 1. The van der Waals surface area contributed by atoms with Gasteiger partial charge in [0.25, 0.3) is 0 Å². The number of aliphatic hydroxyl groups is 1. The van der Waals surface area contributed by atoms with Gasteiger partial charge < -0.3 is 30.0 Å². The molecule has 0 bridgehead atoms. The first-order valence-electron chi connectivity index (χ1n) is 7.25. The topological polar surface area (TPSA) is 77.2 Å². The van der Waals surface area contributed by atoms with E-state index in [-0.39, 0.29) is 6.10 Å². The molecule has 0 amide bonds. The second-order valence-corrected chi connectivity index (χ2v) is 5.02. The fourth-order valence-electron chi connectivity index (χ4n) is 1.96. The molecule has 1 unspecified atom stereocenters. The Bertz CT molecular complexity index is 425. The Morgan fingerprint density at radius 1 is 1.23 bits per heavy atom. The molecule has 1 atom stereocenters. The van der Waals surface area contributed by atoms with Crippen molar-refractivity contribution >= 4 is 5.69 Å². The van der Waals surface area contributed by atoms with Crippen LogP contribution in [0.25, 0.3) is 0 Å². The molecule has 0 fully saturated rings. The molecule has 3 N–H and O–H groups in total. The molecule has 0 aliphatic heterocycles. The van der Waals surface area contributed by atoms with Crippen molar-refractivity contribution in [2.75, 3.05) is 53.8 Å². The van der Waals surface area contributed by atoms with E-state index < -0.39 is 0 Å². The number of likely N-dealkylation sites (N-methyl/N-ethyl adjacent to an activating group) is 1. The van der Waals surface area contributed by atoms with Crippen molar-refractivity contribution in [3.05, 3.63) is 17.7 Å². The third-order valence-electron chi connectivity index (χ3n) is 2.90. The van der Waals surface area contributed by atoms with Crippen molar-refractivity contribution < 1.29 is 19.3 Å². The summed E-state index contributed by atoms with van der Waals surface area (Å²) in [6, 6.07) is 3.70. The van der Waals surface area contributed by atoms with Gasteiger partial charge in [-0.15, -0.1) is 0 Å². The summed E-state index contributed by atoms with van der Waals surface area (Å²) >= 11 is 0. The fraction of sp³-hybridized carbons (Fsp3) is 0.625. The summed E-state index contributed by atoms with van der Waals surface area (Å²) in [5.74, 6) is 1.41. The van der Waals surface area contributed by atoms with Gasteiger partial charge in [0.05, 0.1) is 19.4 Å². The molecule has 0 saturated heterocycles. The van der Waals surface area contributed by atoms with Gasteiger partial charge in [0, 0.05) is 26.3 Å². The van der Waals surface area contributed by atoms with Gasteiger partial charge in [-0.2, -0.15) is 0 Å². The van der Waals surface area contributed by atoms with Crippen LogP contribution in [0, 0.1) is 6.92 Å². The fourth-order valence-corrected chi connectivity index (χ4v) is 1.96. The number of nitrogens with zero attached hydrogens (tertiary/aromatic N) is 1. The minimum absolute atomic E-state index is 0.0306. The lowest BCUT2D eigenvalue weighted by Crippen LogP contribution is -2.34. The van der Waals surface area contributed by atoms with Gasteiger partial charge in [0.1, 0.15) is 17.6 Å². The van der Waals surface area contributed by atoms with Gasteiger partial charge in [-0.05, 0) is 39.6 Å². The summed E-state index contributed by atoms with van der Waals surface area (Å²) in [5.41, 5.74) is 7.49. The summed E-state index contributed by atoms with van der Waals surface area (Å²) in [5, 5.41) is 7.00. The lowest BCUT2D eigenvalue weighted by atomic mass is 10.2. The maximum Gasteiger partial charge on any atom is 0.145 e. The lowest BCUT2D eigenvalue weighted by Gasteiger charge is -2.23. The van der Waals surface area contributed by atoms with Crippen LogP contribution in [0.3, 0.4) is 0 Å². The van der Waals surface area contributed by atoms with Gasteiger partial charge in [-0.1, -0.05) is 0 Å². The molecule has 0 saturated carbocycles. The van der Waals surface area contributed by atoms with Crippen LogP contribution in [-0.2, 0) is 4.74 Å². The van der Waals surface area contributed by atoms with Crippen molar-refractivity contribution in [2.45, 2.75) is 20.0 Å². The van der Waals surface area contributed by atoms with Crippen molar-refractivity contribution in [3.63, 3.8) is 0 Å². The van der Waals surface area contributed by atoms with E-state index in [0.717, 1.165) is 25.0 Å². The molecule has 22 heavy (non-hydrogen) atoms. The highest BCUT2D eigenvalue weighted by atomic mass is 16.5. The maximum atomic E-state index is 7.00. The van der Waals surface area contributed by atoms with E-state index in [1.165, 1.54) is 0 Å². The third-order valence-corrected chi connectivity index (χ3v) is 2.90. The third kappa shape index (κ3) is 6.98. The van der Waals surface area contributed by atoms with Crippen LogP contribution in [-0.4, -0.2) is 64.2 Å². The highest BCUT2D eigenvalue weighted by molar-refractivity contribution is 5.58. The van der Waals surface area contributed by atoms with E-state index in [2.05, 4.69) is 4.90 Å². The summed E-state index contributed by atoms with van der Waals surface area (Å²) in [6.45, 7) is 5.97. The van der Waals surface area contributed by atoms with Crippen LogP contribution in [0.15, 0.2) is 12.1 Å². The van der Waals surface area contributed by atoms with Gasteiger partial charge >= 0.3 is 0 Å². The number of nitrogen functional groups attached to an aromatic ring is 1. The van der Waals surface area contributed by atoms with E-state index in [1.807, 2.05) is 40.1 Å². The molecule has 1 rings (SSSR count). The number of aliphatic hydroxyl groups excluding tert-OH is 1. The Morgan fingerprint density at radius 3 is 2.36 bits per heavy atom. The number of aryl methyl sites for hydroxylation is 1. The average molecular weight is 314 g/mol. The van der Waals surface area contributed by atoms with E-state index in [0.29, 0.717) is 24.7 Å². The first-order valence-corrected chi connectivity index (χ1v) is 7.25. The summed E-state index contributed by atoms with van der Waals surface area (Å²) < 4.78 is 16.8. The Hall–Kier alpha value is -1.50. The highest BCUT2D eigenvalue weighted by Gasteiger charge is 2.15. The maximum absolute atomic E-state index is 7.00. The van der Waals surface area contributed by atoms with Crippen LogP contribution in [0.1, 0.15) is 12.5 Å². The standard InChI is InChI=1S/C15H26N2O3.CH4O/c1-6-19-10-12(9-17(3)4)20-14-8-15(18-5)13(16)7-11(14)2;1-2/h7-8,12H,6,9-10,16H2,1-5H3;2H,1H3. The second-order valence-electron chi connectivity index (χ2n) is 5.02. The highest BCUT2D eigenvalue weighted by Crippen LogP contribution is 2.31. The smallest absolute Gasteiger partial charge is 0.145 e. The number of ether oxygens (including phenoxy) is 3. The molecule has 0 spiro atoms. The zero-order valence-corrected chi connectivity index (χ0v) is 14.5. The summed E-state index contributed by atoms with van der Waals surface area (Å²) in [7, 11) is 6.62. The predicted molar refractivity (Wildman–Crippen MR) is 89.7 cm³/mol. The van der Waals surface area contributed by atoms with Crippen molar-refractivity contribution in [3.8, 4) is 11.5 Å². The SMILES string of the molecule is CCOCC(CN(C)C)Oc1cc(OC)c(N)cc1C.CO. The number of hydrogen-bond donors (Lipinski definition) is 2. The van der Waals surface area contributed by atoms with E-state index in [9.17, 15) is 0 Å². The van der Waals surface area contributed by atoms with Crippen LogP contribution in [0.4, 0.5) is 5.69 Å². The number of methoxy groups -OCH3 is 1. The molecule has 0 radical (unpaired) electrons. The Morgan fingerprint density at radius 2 is 1.86 bits per heavy atom. The minimum Gasteiger partial charge on any atom is -0.494 e. The molecule has 0 aliphatic rings. The van der Waals surface area contributed by atoms with Gasteiger partial charge in [0.2, 0.25) is 0 Å². The van der Waals surface area contributed by atoms with Gasteiger partial charge in [-0.3, -0.25) is 0 Å². The lowest BCUT2D eigenvalue weighted by molar-refractivity contribution is 0.0428. The largest absolute Gasteiger partial charge is 0.494 e. The van der Waals surface area contributed by atoms with Crippen LogP contribution in [0.2, 0.25) is 0 Å². The first-order chi connectivity index (χ1) is 10.5. The Balaban J connectivity index is 0.00000211. The van der Waals surface area contributed by atoms with E-state index >= 15 is 0 Å². The van der Waals surface area contributed by atoms with E-state index in [4.69, 9.17) is 25.1 Å². The Kier molecular flexibility index (Phi) is 10.4. The van der Waals surface area contributed by atoms with Crippen LogP contribution < -0.4 is 15.2 Å². The number of anilines is 1. The molecular weight excluding hydrogens is 284 g/mol. The summed E-state index contributed by atoms with van der Waals surface area (Å²) in [6.07, 6.45) is -0.0306. The molecule has 1 aromatic carbocycles. The Labute approximate surface area is 133 Å². The monoisotopic (exact) mass is 314 g/mol. The normalized spacial score (nSPS) is 11.6. The molecule has 0 heterocycles. The molecule has 6 heteroatoms. The molecule has 0 aliphatic carbocycles. The quantitative estimate of drug-likeness (QED) is 0.709. The van der Waals surface area contributed by atoms with Crippen LogP contribution >= 0.6 is 0 Å². The number of nitrogens with two attached hydrogens (primary N) is 1. The molecule has 128 valence electrons. The molecule has 1 aromatic rings. The zero-order valence-electron chi connectivity index (χ0n) is 14.5. The zero-order chi connectivity index (χ0) is 17.1. The van der Waals surface area contributed by atoms with Gasteiger partial charge in [-0.25, -0.2) is 0 Å². The second kappa shape index (κ2) is 11.1. The van der Waals surface area contributed by atoms with Gasteiger partial charge in [0.15, 0.2) is 0 Å². The predicted octanol–water partition coefficient (Wildman–Crippen LogP) is 1.54. The number of hydrogen-bond acceptors (Lipinski definition) is 6. The minimum atomic E-state index is -0.0306. The van der Waals surface area contributed by atoms with Crippen LogP contribution in [0.5, 0.6) is 11.5 Å². The van der Waals surface area contributed by atoms with Crippen molar-refractivity contribution in [1.82, 2.24) is 4.90 Å². The molecular formula is C16H30N2O4. The number of rotatable bonds is 8. The molecule has 0 aromatic heterocycles. The van der Waals surface area contributed by atoms with E-state index in [1.54, 1.807) is 7.11 Å². The van der Waals surface area contributed by atoms with Crippen molar-refractivity contribution in [1.29, 1.82) is 0 Å². The average Bonchev–Trinajstić information content (AvgIpc) is 2.49. The summed E-state index contributed by atoms with van der Waals surface area (Å²) in [4.78, 5) is 2.08. The first kappa shape index (κ1) is 20.5. The van der Waals surface area contributed by atoms with Crippen molar-refractivity contribution in [2.24, 2.45) is 0 Å². The molecule has 6 nitrogen and oxygen atoms in total.